The van der Waals surface area contributed by atoms with Gasteiger partial charge in [0.2, 0.25) is 17.6 Å². The first kappa shape index (κ1) is 20.2. The van der Waals surface area contributed by atoms with Gasteiger partial charge >= 0.3 is 5.97 Å². The highest BCUT2D eigenvalue weighted by Crippen LogP contribution is 2.56. The third-order valence-electron chi connectivity index (χ3n) is 6.65. The second kappa shape index (κ2) is 7.62. The molecule has 0 N–H and O–H groups in total. The molecular formula is C21H22N2O7. The Morgan fingerprint density at radius 1 is 1.17 bits per heavy atom. The van der Waals surface area contributed by atoms with Crippen molar-refractivity contribution in [3.63, 3.8) is 0 Å². The lowest BCUT2D eigenvalue weighted by Gasteiger charge is -2.19. The Morgan fingerprint density at radius 3 is 2.40 bits per heavy atom. The minimum Gasteiger partial charge on any atom is -0.457 e. The summed E-state index contributed by atoms with van der Waals surface area (Å²) in [4.78, 5) is 61.0. The van der Waals surface area contributed by atoms with Crippen molar-refractivity contribution in [3.05, 3.63) is 39.4 Å². The van der Waals surface area contributed by atoms with E-state index in [9.17, 15) is 29.3 Å². The lowest BCUT2D eigenvalue weighted by atomic mass is 9.81. The summed E-state index contributed by atoms with van der Waals surface area (Å²) in [7, 11) is 0. The number of fused-ring (bicyclic) bond motifs is 5. The van der Waals surface area contributed by atoms with Crippen LogP contribution >= 0.6 is 0 Å². The Labute approximate surface area is 172 Å². The van der Waals surface area contributed by atoms with Crippen LogP contribution in [0.25, 0.3) is 0 Å². The maximum Gasteiger partial charge on any atom is 0.308 e. The lowest BCUT2D eigenvalue weighted by Crippen LogP contribution is -2.35. The van der Waals surface area contributed by atoms with Gasteiger partial charge in [0, 0.05) is 23.7 Å². The number of rotatable bonds is 7. The molecule has 2 saturated carbocycles. The van der Waals surface area contributed by atoms with Crippen LogP contribution in [0.5, 0.6) is 0 Å². The number of hydrogen-bond donors (Lipinski definition) is 0. The summed E-state index contributed by atoms with van der Waals surface area (Å²) >= 11 is 0. The van der Waals surface area contributed by atoms with Gasteiger partial charge in [-0.3, -0.25) is 34.2 Å². The predicted octanol–water partition coefficient (Wildman–Crippen LogP) is 2.05. The molecule has 2 bridgehead atoms. The van der Waals surface area contributed by atoms with Crippen LogP contribution in [0, 0.1) is 40.7 Å². The zero-order chi connectivity index (χ0) is 21.6. The minimum absolute atomic E-state index is 0.0485. The Balaban J connectivity index is 1.29. The number of nitro groups is 1. The summed E-state index contributed by atoms with van der Waals surface area (Å²) in [5, 5.41) is 11.0. The van der Waals surface area contributed by atoms with E-state index in [0.29, 0.717) is 5.56 Å². The highest BCUT2D eigenvalue weighted by molar-refractivity contribution is 6.06. The minimum atomic E-state index is -0.703. The van der Waals surface area contributed by atoms with Gasteiger partial charge in [0.25, 0.3) is 5.69 Å². The average Bonchev–Trinajstić information content (AvgIpc) is 3.39. The first-order chi connectivity index (χ1) is 14.3. The SMILES string of the molecule is Cc1ccc(C(=O)COC(=O)CCN2C(=O)[C@H]3[C@H]4CC[C@@H](C4)[C@@H]3C2=O)cc1[N+](=O)[O-]. The van der Waals surface area contributed by atoms with E-state index in [0.717, 1.165) is 25.3 Å². The topological polar surface area (TPSA) is 124 Å². The average molecular weight is 414 g/mol. The number of ether oxygens (including phenoxy) is 1. The van der Waals surface area contributed by atoms with E-state index >= 15 is 0 Å². The number of hydrogen-bond acceptors (Lipinski definition) is 7. The number of benzene rings is 1. The predicted molar refractivity (Wildman–Crippen MR) is 102 cm³/mol. The number of imide groups is 1. The molecule has 158 valence electrons. The Morgan fingerprint density at radius 2 is 1.80 bits per heavy atom. The molecule has 9 nitrogen and oxygen atoms in total. The van der Waals surface area contributed by atoms with Crippen LogP contribution in [-0.4, -0.2) is 46.5 Å². The Bertz CT molecular complexity index is 929. The molecule has 2 aliphatic carbocycles. The molecule has 0 unspecified atom stereocenters. The van der Waals surface area contributed by atoms with Crippen molar-refractivity contribution in [2.24, 2.45) is 23.7 Å². The lowest BCUT2D eigenvalue weighted by molar-refractivity contribution is -0.385. The van der Waals surface area contributed by atoms with Gasteiger partial charge in [0.15, 0.2) is 6.61 Å². The highest BCUT2D eigenvalue weighted by atomic mass is 16.6. The summed E-state index contributed by atoms with van der Waals surface area (Å²) in [5.74, 6) is -1.54. The molecule has 1 aliphatic heterocycles. The fraction of sp³-hybridized carbons (Fsp3) is 0.524. The standard InChI is InChI=1S/C21H22N2O7/c1-11-2-3-12(9-15(11)23(28)29)16(24)10-30-17(25)6-7-22-20(26)18-13-4-5-14(8-13)19(18)21(22)27/h2-3,9,13-14,18-19H,4-8,10H2,1H3/t13-,14-,18-,19-/m0/s1. The van der Waals surface area contributed by atoms with Crippen molar-refractivity contribution >= 4 is 29.3 Å². The fourth-order valence-corrected chi connectivity index (χ4v) is 5.18. The summed E-state index contributed by atoms with van der Waals surface area (Å²) in [6.07, 6.45) is 2.73. The third kappa shape index (κ3) is 3.38. The van der Waals surface area contributed by atoms with Crippen LogP contribution in [0.1, 0.15) is 41.6 Å². The van der Waals surface area contributed by atoms with Crippen LogP contribution < -0.4 is 0 Å². The molecule has 0 aromatic heterocycles. The van der Waals surface area contributed by atoms with Crippen molar-refractivity contribution < 1.29 is 28.8 Å². The molecule has 3 fully saturated rings. The zero-order valence-corrected chi connectivity index (χ0v) is 16.5. The van der Waals surface area contributed by atoms with Crippen LogP contribution in [0.2, 0.25) is 0 Å². The Hall–Kier alpha value is -3.10. The largest absolute Gasteiger partial charge is 0.457 e. The quantitative estimate of drug-likeness (QED) is 0.220. The molecule has 2 amide bonds. The second-order valence-electron chi connectivity index (χ2n) is 8.31. The molecular weight excluding hydrogens is 392 g/mol. The van der Waals surface area contributed by atoms with Gasteiger partial charge in [-0.25, -0.2) is 0 Å². The van der Waals surface area contributed by atoms with Gasteiger partial charge < -0.3 is 4.74 Å². The summed E-state index contributed by atoms with van der Waals surface area (Å²) < 4.78 is 4.96. The van der Waals surface area contributed by atoms with E-state index in [1.807, 2.05) is 0 Å². The number of esters is 1. The van der Waals surface area contributed by atoms with Gasteiger partial charge in [-0.15, -0.1) is 0 Å². The van der Waals surface area contributed by atoms with Crippen molar-refractivity contribution in [3.8, 4) is 0 Å². The monoisotopic (exact) mass is 414 g/mol. The van der Waals surface area contributed by atoms with E-state index in [-0.39, 0.29) is 59.7 Å². The molecule has 0 radical (unpaired) electrons. The number of likely N-dealkylation sites (tertiary alicyclic amines) is 1. The van der Waals surface area contributed by atoms with Gasteiger partial charge in [-0.1, -0.05) is 12.1 Å². The third-order valence-corrected chi connectivity index (χ3v) is 6.65. The molecule has 3 aliphatic rings. The first-order valence-corrected chi connectivity index (χ1v) is 10.1. The molecule has 1 aromatic carbocycles. The number of amides is 2. The number of aryl methyl sites for hydroxylation is 1. The molecule has 1 saturated heterocycles. The summed E-state index contributed by atoms with van der Waals surface area (Å²) in [6, 6.07) is 4.05. The number of carbonyl (C=O) groups excluding carboxylic acids is 4. The van der Waals surface area contributed by atoms with E-state index in [4.69, 9.17) is 4.74 Å². The van der Waals surface area contributed by atoms with Crippen LogP contribution in [0.4, 0.5) is 5.69 Å². The zero-order valence-electron chi connectivity index (χ0n) is 16.5. The molecule has 4 rings (SSSR count). The van der Waals surface area contributed by atoms with Crippen molar-refractivity contribution in [1.29, 1.82) is 0 Å². The number of nitrogens with zero attached hydrogens (tertiary/aromatic N) is 2. The molecule has 1 aromatic rings. The number of carbonyl (C=O) groups is 4. The molecule has 30 heavy (non-hydrogen) atoms. The van der Waals surface area contributed by atoms with Crippen molar-refractivity contribution in [1.82, 2.24) is 4.90 Å². The first-order valence-electron chi connectivity index (χ1n) is 10.1. The van der Waals surface area contributed by atoms with E-state index in [1.54, 1.807) is 6.92 Å². The van der Waals surface area contributed by atoms with E-state index in [2.05, 4.69) is 0 Å². The van der Waals surface area contributed by atoms with E-state index in [1.165, 1.54) is 17.0 Å². The normalized spacial score (nSPS) is 26.8. The Kier molecular flexibility index (Phi) is 5.13. The fourth-order valence-electron chi connectivity index (χ4n) is 5.18. The van der Waals surface area contributed by atoms with Crippen LogP contribution in [0.3, 0.4) is 0 Å². The molecule has 1 heterocycles. The van der Waals surface area contributed by atoms with Crippen molar-refractivity contribution in [2.45, 2.75) is 32.6 Å². The van der Waals surface area contributed by atoms with Crippen LogP contribution in [-0.2, 0) is 19.1 Å². The number of Topliss-reactive ketones (excluding diaryl/α,β-unsaturated/α-hetero) is 1. The van der Waals surface area contributed by atoms with Gasteiger partial charge in [0.1, 0.15) is 0 Å². The molecule has 4 atom stereocenters. The maximum absolute atomic E-state index is 12.6. The van der Waals surface area contributed by atoms with Crippen molar-refractivity contribution in [2.75, 3.05) is 13.2 Å². The maximum atomic E-state index is 12.6. The number of ketones is 1. The van der Waals surface area contributed by atoms with E-state index < -0.39 is 23.3 Å². The van der Waals surface area contributed by atoms with Gasteiger partial charge in [-0.05, 0) is 38.0 Å². The highest BCUT2D eigenvalue weighted by Gasteiger charge is 2.60. The van der Waals surface area contributed by atoms with Gasteiger partial charge in [0.05, 0.1) is 23.2 Å². The molecule has 9 heteroatoms. The number of nitro benzene ring substituents is 1. The second-order valence-corrected chi connectivity index (χ2v) is 8.31. The van der Waals surface area contributed by atoms with Gasteiger partial charge in [-0.2, -0.15) is 0 Å². The molecule has 0 spiro atoms. The van der Waals surface area contributed by atoms with Crippen LogP contribution in [0.15, 0.2) is 18.2 Å². The smallest absolute Gasteiger partial charge is 0.308 e. The summed E-state index contributed by atoms with van der Waals surface area (Å²) in [6.45, 7) is 0.955. The summed E-state index contributed by atoms with van der Waals surface area (Å²) in [5.41, 5.74) is 0.317.